The van der Waals surface area contributed by atoms with Crippen LogP contribution in [-0.2, 0) is 12.8 Å². The zero-order chi connectivity index (χ0) is 15.5. The van der Waals surface area contributed by atoms with E-state index in [2.05, 4.69) is 22.1 Å². The Morgan fingerprint density at radius 1 is 0.909 bits per heavy atom. The predicted octanol–water partition coefficient (Wildman–Crippen LogP) is 3.62. The number of nitrogen functional groups attached to an aromatic ring is 2. The molecular formula is C17H17ClN4. The summed E-state index contributed by atoms with van der Waals surface area (Å²) in [7, 11) is 0. The summed E-state index contributed by atoms with van der Waals surface area (Å²) in [4.78, 5) is 7.89. The minimum atomic E-state index is 0.461. The summed E-state index contributed by atoms with van der Waals surface area (Å²) < 4.78 is 0. The summed E-state index contributed by atoms with van der Waals surface area (Å²) >= 11 is 5.78. The number of hydrogen-bond donors (Lipinski definition) is 2. The lowest BCUT2D eigenvalue weighted by atomic mass is 10.1. The van der Waals surface area contributed by atoms with E-state index in [0.29, 0.717) is 10.8 Å². The van der Waals surface area contributed by atoms with Gasteiger partial charge in [-0.05, 0) is 60.7 Å². The standard InChI is InChI=1S/C9H11N.C8H6ClN3/c10-9-5-4-7-2-1-3-8(7)6-9;9-5-1-2-7-6(3-5)8(10)12-4-11-7/h4-6H,1-3,10H2;1-4H,(H2,10,11,12). The van der Waals surface area contributed by atoms with Crippen molar-refractivity contribution in [3.05, 3.63) is 58.9 Å². The van der Waals surface area contributed by atoms with Crippen molar-refractivity contribution < 1.29 is 0 Å². The average molecular weight is 313 g/mol. The van der Waals surface area contributed by atoms with Crippen LogP contribution in [0, 0.1) is 0 Å². The summed E-state index contributed by atoms with van der Waals surface area (Å²) in [6.07, 6.45) is 5.21. The van der Waals surface area contributed by atoms with Crippen molar-refractivity contribution in [3.63, 3.8) is 0 Å². The molecule has 1 aliphatic carbocycles. The van der Waals surface area contributed by atoms with Crippen molar-refractivity contribution in [2.45, 2.75) is 19.3 Å². The van der Waals surface area contributed by atoms with Gasteiger partial charge in [-0.1, -0.05) is 17.7 Å². The highest BCUT2D eigenvalue weighted by atomic mass is 35.5. The maximum atomic E-state index is 5.78. The molecule has 5 heteroatoms. The van der Waals surface area contributed by atoms with E-state index >= 15 is 0 Å². The van der Waals surface area contributed by atoms with Crippen LogP contribution >= 0.6 is 11.6 Å². The van der Waals surface area contributed by atoms with Crippen LogP contribution in [0.2, 0.25) is 5.02 Å². The van der Waals surface area contributed by atoms with Gasteiger partial charge in [0.15, 0.2) is 0 Å². The number of aryl methyl sites for hydroxylation is 2. The van der Waals surface area contributed by atoms with Gasteiger partial charge in [0, 0.05) is 16.1 Å². The van der Waals surface area contributed by atoms with Gasteiger partial charge < -0.3 is 11.5 Å². The Balaban J connectivity index is 0.000000133. The number of aromatic nitrogens is 2. The van der Waals surface area contributed by atoms with E-state index in [-0.39, 0.29) is 0 Å². The van der Waals surface area contributed by atoms with Crippen LogP contribution in [0.3, 0.4) is 0 Å². The first-order chi connectivity index (χ1) is 10.6. The Hall–Kier alpha value is -2.33. The highest BCUT2D eigenvalue weighted by Crippen LogP contribution is 2.23. The minimum Gasteiger partial charge on any atom is -0.399 e. The molecule has 4 rings (SSSR count). The van der Waals surface area contributed by atoms with Gasteiger partial charge in [-0.25, -0.2) is 9.97 Å². The third-order valence-electron chi connectivity index (χ3n) is 3.75. The van der Waals surface area contributed by atoms with E-state index in [1.54, 1.807) is 12.1 Å². The Bertz CT molecular complexity index is 817. The van der Waals surface area contributed by atoms with E-state index in [9.17, 15) is 0 Å². The maximum absolute atomic E-state index is 5.78. The van der Waals surface area contributed by atoms with E-state index in [0.717, 1.165) is 16.6 Å². The summed E-state index contributed by atoms with van der Waals surface area (Å²) in [5.41, 5.74) is 15.9. The molecule has 4 N–H and O–H groups in total. The zero-order valence-corrected chi connectivity index (χ0v) is 12.8. The normalized spacial score (nSPS) is 12.6. The van der Waals surface area contributed by atoms with E-state index in [1.807, 2.05) is 12.1 Å². The SMILES string of the molecule is Nc1ccc2c(c1)CCC2.Nc1ncnc2ccc(Cl)cc12. The van der Waals surface area contributed by atoms with Gasteiger partial charge in [0.25, 0.3) is 0 Å². The summed E-state index contributed by atoms with van der Waals surface area (Å²) in [6, 6.07) is 11.6. The highest BCUT2D eigenvalue weighted by molar-refractivity contribution is 6.31. The molecule has 0 unspecified atom stereocenters. The van der Waals surface area contributed by atoms with Gasteiger partial charge >= 0.3 is 0 Å². The molecule has 0 bridgehead atoms. The molecule has 0 saturated heterocycles. The Morgan fingerprint density at radius 2 is 1.73 bits per heavy atom. The molecule has 0 atom stereocenters. The Morgan fingerprint density at radius 3 is 2.59 bits per heavy atom. The van der Waals surface area contributed by atoms with Crippen molar-refractivity contribution in [3.8, 4) is 0 Å². The molecule has 1 aliphatic rings. The van der Waals surface area contributed by atoms with Crippen molar-refractivity contribution >= 4 is 34.0 Å². The van der Waals surface area contributed by atoms with Crippen LogP contribution in [0.4, 0.5) is 11.5 Å². The Kier molecular flexibility index (Phi) is 4.11. The number of anilines is 2. The monoisotopic (exact) mass is 312 g/mol. The van der Waals surface area contributed by atoms with Crippen molar-refractivity contribution in [1.29, 1.82) is 0 Å². The first-order valence-electron chi connectivity index (χ1n) is 7.16. The van der Waals surface area contributed by atoms with Crippen molar-refractivity contribution in [1.82, 2.24) is 9.97 Å². The molecule has 3 aromatic rings. The first-order valence-corrected chi connectivity index (χ1v) is 7.54. The molecule has 0 saturated carbocycles. The molecule has 22 heavy (non-hydrogen) atoms. The second-order valence-corrected chi connectivity index (χ2v) is 5.74. The third kappa shape index (κ3) is 3.12. The number of hydrogen-bond acceptors (Lipinski definition) is 4. The molecule has 0 amide bonds. The Labute approximate surface area is 134 Å². The lowest BCUT2D eigenvalue weighted by Crippen LogP contribution is -1.92. The van der Waals surface area contributed by atoms with Gasteiger partial charge in [-0.3, -0.25) is 0 Å². The van der Waals surface area contributed by atoms with Crippen LogP contribution in [0.1, 0.15) is 17.5 Å². The fourth-order valence-electron chi connectivity index (χ4n) is 2.64. The van der Waals surface area contributed by atoms with E-state index in [4.69, 9.17) is 23.1 Å². The van der Waals surface area contributed by atoms with Crippen LogP contribution in [0.5, 0.6) is 0 Å². The van der Waals surface area contributed by atoms with Crippen LogP contribution in [0.15, 0.2) is 42.7 Å². The molecule has 0 fully saturated rings. The van der Waals surface area contributed by atoms with Gasteiger partial charge in [0.2, 0.25) is 0 Å². The van der Waals surface area contributed by atoms with Crippen molar-refractivity contribution in [2.75, 3.05) is 11.5 Å². The quantitative estimate of drug-likeness (QED) is 0.621. The number of benzene rings is 2. The molecule has 112 valence electrons. The van der Waals surface area contributed by atoms with Crippen LogP contribution in [-0.4, -0.2) is 9.97 Å². The number of rotatable bonds is 0. The molecule has 0 radical (unpaired) electrons. The number of nitrogens with two attached hydrogens (primary N) is 2. The van der Waals surface area contributed by atoms with Crippen LogP contribution in [0.25, 0.3) is 10.9 Å². The molecule has 0 aliphatic heterocycles. The number of fused-ring (bicyclic) bond motifs is 2. The largest absolute Gasteiger partial charge is 0.399 e. The summed E-state index contributed by atoms with van der Waals surface area (Å²) in [5.74, 6) is 0.461. The second-order valence-electron chi connectivity index (χ2n) is 5.30. The smallest absolute Gasteiger partial charge is 0.134 e. The molecular weight excluding hydrogens is 296 g/mol. The third-order valence-corrected chi connectivity index (χ3v) is 3.99. The molecule has 2 aromatic carbocycles. The summed E-state index contributed by atoms with van der Waals surface area (Å²) in [6.45, 7) is 0. The first kappa shape index (κ1) is 14.6. The number of halogens is 1. The fourth-order valence-corrected chi connectivity index (χ4v) is 2.81. The molecule has 1 heterocycles. The van der Waals surface area contributed by atoms with Gasteiger partial charge in [-0.15, -0.1) is 0 Å². The minimum absolute atomic E-state index is 0.461. The van der Waals surface area contributed by atoms with Gasteiger partial charge in [-0.2, -0.15) is 0 Å². The topological polar surface area (TPSA) is 77.8 Å². The fraction of sp³-hybridized carbons (Fsp3) is 0.176. The highest BCUT2D eigenvalue weighted by Gasteiger charge is 2.09. The zero-order valence-electron chi connectivity index (χ0n) is 12.1. The molecule has 0 spiro atoms. The van der Waals surface area contributed by atoms with Gasteiger partial charge in [0.05, 0.1) is 5.52 Å². The molecule has 4 nitrogen and oxygen atoms in total. The average Bonchev–Trinajstić information content (AvgIpc) is 2.96. The maximum Gasteiger partial charge on any atom is 0.134 e. The lowest BCUT2D eigenvalue weighted by molar-refractivity contribution is 0.912. The molecule has 1 aromatic heterocycles. The van der Waals surface area contributed by atoms with Gasteiger partial charge in [0.1, 0.15) is 12.1 Å². The number of nitrogens with zero attached hydrogens (tertiary/aromatic N) is 2. The van der Waals surface area contributed by atoms with Crippen molar-refractivity contribution in [2.24, 2.45) is 0 Å². The lowest BCUT2D eigenvalue weighted by Gasteiger charge is -1.98. The van der Waals surface area contributed by atoms with Crippen LogP contribution < -0.4 is 11.5 Å². The second kappa shape index (κ2) is 6.20. The van der Waals surface area contributed by atoms with E-state index in [1.165, 1.54) is 36.7 Å². The summed E-state index contributed by atoms with van der Waals surface area (Å²) in [5, 5.41) is 1.44. The predicted molar refractivity (Wildman–Crippen MR) is 91.8 cm³/mol. The van der Waals surface area contributed by atoms with E-state index < -0.39 is 0 Å².